The van der Waals surface area contributed by atoms with E-state index >= 15 is 0 Å². The summed E-state index contributed by atoms with van der Waals surface area (Å²) in [5, 5.41) is 6.51. The molecule has 10 heteroatoms. The van der Waals surface area contributed by atoms with Crippen LogP contribution in [0.15, 0.2) is 52.1 Å². The molecule has 3 rings (SSSR count). The molecular formula is C21H21FN4O5. The first-order valence-electron chi connectivity index (χ1n) is 9.38. The standard InChI is InChI=1S/C21H21FN4O5/c1-4-23-19(27)18-20(28)25(12-13-6-5-7-14(22)10-13)21(29)26(24-18)15-8-9-16(30-2)17(11-15)31-3/h5-11H,4,12H2,1-3H3,(H,23,27). The number of rotatable bonds is 7. The molecule has 0 saturated carbocycles. The van der Waals surface area contributed by atoms with Crippen molar-refractivity contribution in [3.05, 3.63) is 80.4 Å². The molecular weight excluding hydrogens is 407 g/mol. The SMILES string of the molecule is CCNC(=O)c1nn(-c2ccc(OC)c(OC)c2)c(=O)n(Cc2cccc(F)c2)c1=O. The number of amides is 1. The minimum atomic E-state index is -0.878. The first-order valence-corrected chi connectivity index (χ1v) is 9.38. The van der Waals surface area contributed by atoms with Gasteiger partial charge < -0.3 is 14.8 Å². The van der Waals surface area contributed by atoms with Gasteiger partial charge in [0.25, 0.3) is 11.5 Å². The summed E-state index contributed by atoms with van der Waals surface area (Å²) >= 11 is 0. The molecule has 0 spiro atoms. The minimum absolute atomic E-state index is 0.238. The van der Waals surface area contributed by atoms with Gasteiger partial charge in [-0.1, -0.05) is 12.1 Å². The van der Waals surface area contributed by atoms with Crippen molar-refractivity contribution in [3.63, 3.8) is 0 Å². The van der Waals surface area contributed by atoms with Crippen LogP contribution in [0.25, 0.3) is 5.69 Å². The van der Waals surface area contributed by atoms with E-state index in [2.05, 4.69) is 10.4 Å². The average Bonchev–Trinajstić information content (AvgIpc) is 2.76. The molecule has 31 heavy (non-hydrogen) atoms. The molecule has 3 aromatic rings. The number of hydrogen-bond donors (Lipinski definition) is 1. The smallest absolute Gasteiger partial charge is 0.352 e. The second-order valence-corrected chi connectivity index (χ2v) is 6.46. The van der Waals surface area contributed by atoms with Gasteiger partial charge in [-0.15, -0.1) is 0 Å². The Morgan fingerprint density at radius 3 is 2.48 bits per heavy atom. The third-order valence-electron chi connectivity index (χ3n) is 4.45. The maximum absolute atomic E-state index is 13.6. The fourth-order valence-electron chi connectivity index (χ4n) is 2.98. The van der Waals surface area contributed by atoms with E-state index in [1.165, 1.54) is 44.6 Å². The number of ether oxygens (including phenoxy) is 2. The maximum Gasteiger partial charge on any atom is 0.352 e. The Hall–Kier alpha value is -3.95. The number of methoxy groups -OCH3 is 2. The second kappa shape index (κ2) is 9.24. The highest BCUT2D eigenvalue weighted by Gasteiger charge is 2.21. The van der Waals surface area contributed by atoms with Gasteiger partial charge in [0.15, 0.2) is 11.5 Å². The Morgan fingerprint density at radius 1 is 1.10 bits per heavy atom. The molecule has 1 N–H and O–H groups in total. The monoisotopic (exact) mass is 428 g/mol. The molecule has 0 atom stereocenters. The maximum atomic E-state index is 13.6. The van der Waals surface area contributed by atoms with Gasteiger partial charge in [0.05, 0.1) is 26.5 Å². The molecule has 0 unspecified atom stereocenters. The number of hydrogen-bond acceptors (Lipinski definition) is 6. The summed E-state index contributed by atoms with van der Waals surface area (Å²) in [6, 6.07) is 10.1. The lowest BCUT2D eigenvalue weighted by Crippen LogP contribution is -2.46. The zero-order valence-electron chi connectivity index (χ0n) is 17.2. The van der Waals surface area contributed by atoms with Crippen LogP contribution in [0.1, 0.15) is 23.0 Å². The molecule has 0 aliphatic rings. The van der Waals surface area contributed by atoms with Crippen molar-refractivity contribution in [2.45, 2.75) is 13.5 Å². The molecule has 2 aromatic carbocycles. The Bertz CT molecular complexity index is 1240. The minimum Gasteiger partial charge on any atom is -0.493 e. The number of nitrogens with zero attached hydrogens (tertiary/aromatic N) is 3. The van der Waals surface area contributed by atoms with E-state index in [1.54, 1.807) is 19.1 Å². The lowest BCUT2D eigenvalue weighted by Gasteiger charge is -2.14. The van der Waals surface area contributed by atoms with Crippen LogP contribution in [0, 0.1) is 5.82 Å². The van der Waals surface area contributed by atoms with E-state index in [-0.39, 0.29) is 18.8 Å². The number of carbonyl (C=O) groups is 1. The van der Waals surface area contributed by atoms with Crippen molar-refractivity contribution in [2.75, 3.05) is 20.8 Å². The Morgan fingerprint density at radius 2 is 1.84 bits per heavy atom. The molecule has 162 valence electrons. The first-order chi connectivity index (χ1) is 14.9. The molecule has 0 fully saturated rings. The Kier molecular flexibility index (Phi) is 6.49. The van der Waals surface area contributed by atoms with Crippen molar-refractivity contribution in [2.24, 2.45) is 0 Å². The fraction of sp³-hybridized carbons (Fsp3) is 0.238. The van der Waals surface area contributed by atoms with Crippen LogP contribution in [0.2, 0.25) is 0 Å². The van der Waals surface area contributed by atoms with Crippen LogP contribution < -0.4 is 26.0 Å². The molecule has 1 aromatic heterocycles. The summed E-state index contributed by atoms with van der Waals surface area (Å²) in [6.07, 6.45) is 0. The van der Waals surface area contributed by atoms with Gasteiger partial charge >= 0.3 is 5.69 Å². The van der Waals surface area contributed by atoms with E-state index in [4.69, 9.17) is 9.47 Å². The van der Waals surface area contributed by atoms with Gasteiger partial charge in [-0.2, -0.15) is 9.78 Å². The van der Waals surface area contributed by atoms with E-state index in [9.17, 15) is 18.8 Å². The van der Waals surface area contributed by atoms with Crippen LogP contribution in [0.3, 0.4) is 0 Å². The number of benzene rings is 2. The highest BCUT2D eigenvalue weighted by molar-refractivity contribution is 5.91. The van der Waals surface area contributed by atoms with E-state index in [0.29, 0.717) is 17.1 Å². The summed E-state index contributed by atoms with van der Waals surface area (Å²) < 4.78 is 25.8. The molecule has 0 bridgehead atoms. The van der Waals surface area contributed by atoms with Crippen molar-refractivity contribution in [3.8, 4) is 17.2 Å². The van der Waals surface area contributed by atoms with Crippen LogP contribution in [-0.2, 0) is 6.54 Å². The normalized spacial score (nSPS) is 10.6. The highest BCUT2D eigenvalue weighted by atomic mass is 19.1. The predicted molar refractivity (Wildman–Crippen MR) is 111 cm³/mol. The molecule has 0 aliphatic heterocycles. The van der Waals surface area contributed by atoms with Gasteiger partial charge in [-0.05, 0) is 36.8 Å². The second-order valence-electron chi connectivity index (χ2n) is 6.46. The van der Waals surface area contributed by atoms with Gasteiger partial charge in [0, 0.05) is 12.6 Å². The summed E-state index contributed by atoms with van der Waals surface area (Å²) in [7, 11) is 2.90. The van der Waals surface area contributed by atoms with Crippen LogP contribution in [-0.4, -0.2) is 41.0 Å². The Labute approximate surface area is 176 Å². The van der Waals surface area contributed by atoms with Gasteiger partial charge in [0.2, 0.25) is 5.69 Å². The number of carbonyl (C=O) groups excluding carboxylic acids is 1. The van der Waals surface area contributed by atoms with Crippen molar-refractivity contribution >= 4 is 5.91 Å². The zero-order valence-corrected chi connectivity index (χ0v) is 17.2. The summed E-state index contributed by atoms with van der Waals surface area (Å²) in [6.45, 7) is 1.71. The van der Waals surface area contributed by atoms with Crippen molar-refractivity contribution in [1.82, 2.24) is 19.7 Å². The van der Waals surface area contributed by atoms with Crippen LogP contribution in [0.4, 0.5) is 4.39 Å². The topological polar surface area (TPSA) is 104 Å². The largest absolute Gasteiger partial charge is 0.493 e. The molecule has 1 amide bonds. The van der Waals surface area contributed by atoms with Crippen LogP contribution >= 0.6 is 0 Å². The van der Waals surface area contributed by atoms with E-state index < -0.39 is 28.7 Å². The van der Waals surface area contributed by atoms with Crippen LogP contribution in [0.5, 0.6) is 11.5 Å². The van der Waals surface area contributed by atoms with Gasteiger partial charge in [-0.3, -0.25) is 14.2 Å². The summed E-state index contributed by atoms with van der Waals surface area (Å²) in [5.41, 5.74) is -1.51. The summed E-state index contributed by atoms with van der Waals surface area (Å²) in [4.78, 5) is 38.5. The van der Waals surface area contributed by atoms with Gasteiger partial charge in [-0.25, -0.2) is 9.18 Å². The average molecular weight is 428 g/mol. The van der Waals surface area contributed by atoms with E-state index in [1.807, 2.05) is 0 Å². The van der Waals surface area contributed by atoms with Crippen molar-refractivity contribution in [1.29, 1.82) is 0 Å². The predicted octanol–water partition coefficient (Wildman–Crippen LogP) is 1.35. The van der Waals surface area contributed by atoms with Crippen molar-refractivity contribution < 1.29 is 18.7 Å². The molecule has 0 aliphatic carbocycles. The highest BCUT2D eigenvalue weighted by Crippen LogP contribution is 2.28. The quantitative estimate of drug-likeness (QED) is 0.609. The molecule has 0 saturated heterocycles. The third kappa shape index (κ3) is 4.47. The fourth-order valence-corrected chi connectivity index (χ4v) is 2.98. The first kappa shape index (κ1) is 21.8. The lowest BCUT2D eigenvalue weighted by atomic mass is 10.2. The molecule has 9 nitrogen and oxygen atoms in total. The molecule has 1 heterocycles. The lowest BCUT2D eigenvalue weighted by molar-refractivity contribution is 0.0946. The number of aromatic nitrogens is 3. The van der Waals surface area contributed by atoms with E-state index in [0.717, 1.165) is 9.25 Å². The number of nitrogens with one attached hydrogen (secondary N) is 1. The molecule has 0 radical (unpaired) electrons. The number of halogens is 1. The Balaban J connectivity index is 2.24. The zero-order chi connectivity index (χ0) is 22.5. The third-order valence-corrected chi connectivity index (χ3v) is 4.45. The van der Waals surface area contributed by atoms with Gasteiger partial charge in [0.1, 0.15) is 5.82 Å². The summed E-state index contributed by atoms with van der Waals surface area (Å²) in [5.74, 6) is -0.481.